The molecule has 126 valence electrons. The molecule has 1 aliphatic rings. The molecule has 2 N–H and O–H groups in total. The van der Waals surface area contributed by atoms with E-state index in [9.17, 15) is 9.59 Å². The van der Waals surface area contributed by atoms with E-state index in [1.165, 1.54) is 44.0 Å². The highest BCUT2D eigenvalue weighted by Crippen LogP contribution is 2.30. The van der Waals surface area contributed by atoms with Gasteiger partial charge in [0.15, 0.2) is 0 Å². The molecule has 1 atom stereocenters. The second-order valence-corrected chi connectivity index (χ2v) is 5.82. The fourth-order valence-corrected chi connectivity index (χ4v) is 3.12. The Balaban J connectivity index is 1.85. The van der Waals surface area contributed by atoms with E-state index < -0.39 is 5.97 Å². The topological polar surface area (TPSA) is 88.5 Å². The van der Waals surface area contributed by atoms with Gasteiger partial charge >= 0.3 is 5.97 Å². The maximum atomic E-state index is 12.1. The molecule has 2 rings (SSSR count). The molecular formula is C17H24N2O4. The number of aromatic carboxylic acids is 1. The molecular weight excluding hydrogens is 296 g/mol. The zero-order valence-corrected chi connectivity index (χ0v) is 13.5. The summed E-state index contributed by atoms with van der Waals surface area (Å²) in [6, 6.07) is 2.80. The third kappa shape index (κ3) is 5.03. The molecule has 1 aromatic heterocycles. The summed E-state index contributed by atoms with van der Waals surface area (Å²) in [4.78, 5) is 26.7. The van der Waals surface area contributed by atoms with Crippen LogP contribution in [0.15, 0.2) is 18.3 Å². The van der Waals surface area contributed by atoms with Crippen molar-refractivity contribution in [2.24, 2.45) is 5.92 Å². The van der Waals surface area contributed by atoms with E-state index in [2.05, 4.69) is 10.3 Å². The van der Waals surface area contributed by atoms with Crippen LogP contribution in [0.5, 0.6) is 0 Å². The van der Waals surface area contributed by atoms with Gasteiger partial charge in [-0.05, 0) is 44.2 Å². The van der Waals surface area contributed by atoms with Gasteiger partial charge in [0.2, 0.25) is 0 Å². The number of ether oxygens (including phenoxy) is 1. The van der Waals surface area contributed by atoms with Gasteiger partial charge in [-0.3, -0.25) is 4.79 Å². The van der Waals surface area contributed by atoms with Gasteiger partial charge in [0.1, 0.15) is 5.69 Å². The molecule has 1 aliphatic carbocycles. The van der Waals surface area contributed by atoms with Gasteiger partial charge in [-0.2, -0.15) is 0 Å². The Morgan fingerprint density at radius 2 is 2.17 bits per heavy atom. The van der Waals surface area contributed by atoms with Gasteiger partial charge in [0, 0.05) is 24.9 Å². The zero-order valence-electron chi connectivity index (χ0n) is 13.5. The lowest BCUT2D eigenvalue weighted by Crippen LogP contribution is -2.31. The van der Waals surface area contributed by atoms with Gasteiger partial charge in [-0.15, -0.1) is 0 Å². The summed E-state index contributed by atoms with van der Waals surface area (Å²) in [5.41, 5.74) is 0.182. The average Bonchev–Trinajstić information content (AvgIpc) is 3.08. The molecule has 6 heteroatoms. The van der Waals surface area contributed by atoms with Crippen LogP contribution in [-0.4, -0.2) is 41.2 Å². The molecule has 1 unspecified atom stereocenters. The van der Waals surface area contributed by atoms with Crippen molar-refractivity contribution in [1.29, 1.82) is 0 Å². The summed E-state index contributed by atoms with van der Waals surface area (Å²) in [6.07, 6.45) is 7.22. The average molecular weight is 320 g/mol. The number of rotatable bonds is 8. The number of hydrogen-bond donors (Lipinski definition) is 2. The van der Waals surface area contributed by atoms with Gasteiger partial charge in [0.05, 0.1) is 6.10 Å². The molecule has 23 heavy (non-hydrogen) atoms. The number of carboxylic acids is 1. The second-order valence-electron chi connectivity index (χ2n) is 5.82. The summed E-state index contributed by atoms with van der Waals surface area (Å²) in [6.45, 7) is 3.19. The van der Waals surface area contributed by atoms with Crippen LogP contribution in [0.2, 0.25) is 0 Å². The molecule has 1 amide bonds. The van der Waals surface area contributed by atoms with Crippen molar-refractivity contribution < 1.29 is 19.4 Å². The molecule has 0 radical (unpaired) electrons. The van der Waals surface area contributed by atoms with Crippen LogP contribution in [0.4, 0.5) is 0 Å². The van der Waals surface area contributed by atoms with Crippen molar-refractivity contribution in [2.45, 2.75) is 45.1 Å². The van der Waals surface area contributed by atoms with Gasteiger partial charge in [-0.1, -0.05) is 12.8 Å². The van der Waals surface area contributed by atoms with E-state index in [1.54, 1.807) is 0 Å². The second kappa shape index (κ2) is 8.62. The third-order valence-electron chi connectivity index (χ3n) is 4.26. The summed E-state index contributed by atoms with van der Waals surface area (Å²) >= 11 is 0. The highest BCUT2D eigenvalue weighted by atomic mass is 16.5. The first-order valence-electron chi connectivity index (χ1n) is 8.21. The Hall–Kier alpha value is -1.95. The fraction of sp³-hybridized carbons (Fsp3) is 0.588. The molecule has 1 fully saturated rings. The number of carbonyl (C=O) groups is 2. The third-order valence-corrected chi connectivity index (χ3v) is 4.26. The van der Waals surface area contributed by atoms with E-state index in [0.717, 1.165) is 6.42 Å². The minimum atomic E-state index is -1.14. The lowest BCUT2D eigenvalue weighted by atomic mass is 9.98. The lowest BCUT2D eigenvalue weighted by molar-refractivity contribution is 0.0163. The Morgan fingerprint density at radius 1 is 1.43 bits per heavy atom. The van der Waals surface area contributed by atoms with Crippen LogP contribution in [-0.2, 0) is 4.74 Å². The van der Waals surface area contributed by atoms with Gasteiger partial charge < -0.3 is 15.2 Å². The molecule has 0 bridgehead atoms. The van der Waals surface area contributed by atoms with Crippen LogP contribution in [0.1, 0.15) is 59.9 Å². The van der Waals surface area contributed by atoms with Crippen molar-refractivity contribution in [3.63, 3.8) is 0 Å². The molecule has 0 aliphatic heterocycles. The number of aromatic nitrogens is 1. The van der Waals surface area contributed by atoms with Gasteiger partial charge in [-0.25, -0.2) is 9.78 Å². The first-order valence-corrected chi connectivity index (χ1v) is 8.21. The van der Waals surface area contributed by atoms with Crippen LogP contribution < -0.4 is 5.32 Å². The maximum absolute atomic E-state index is 12.1. The van der Waals surface area contributed by atoms with Crippen molar-refractivity contribution in [3.8, 4) is 0 Å². The lowest BCUT2D eigenvalue weighted by Gasteiger charge is -2.23. The van der Waals surface area contributed by atoms with Crippen molar-refractivity contribution in [1.82, 2.24) is 10.3 Å². The first kappa shape index (κ1) is 17.4. The number of amides is 1. The highest BCUT2D eigenvalue weighted by molar-refractivity contribution is 5.96. The van der Waals surface area contributed by atoms with Crippen LogP contribution in [0, 0.1) is 5.92 Å². The van der Waals surface area contributed by atoms with Crippen LogP contribution in [0.3, 0.4) is 0 Å². The van der Waals surface area contributed by atoms with Gasteiger partial charge in [0.25, 0.3) is 5.91 Å². The largest absolute Gasteiger partial charge is 0.477 e. The summed E-state index contributed by atoms with van der Waals surface area (Å²) in [7, 11) is 0. The minimum Gasteiger partial charge on any atom is -0.477 e. The predicted molar refractivity (Wildman–Crippen MR) is 85.5 cm³/mol. The Labute approximate surface area is 136 Å². The number of pyridine rings is 1. The SMILES string of the molecule is CCOC(CCNC(=O)c1ccnc(C(=O)O)c1)C1CCCC1. The number of carbonyl (C=O) groups excluding carboxylic acids is 1. The molecule has 1 saturated carbocycles. The van der Waals surface area contributed by atoms with E-state index in [0.29, 0.717) is 24.6 Å². The van der Waals surface area contributed by atoms with Crippen LogP contribution in [0.25, 0.3) is 0 Å². The van der Waals surface area contributed by atoms with Crippen molar-refractivity contribution in [3.05, 3.63) is 29.6 Å². The zero-order chi connectivity index (χ0) is 16.7. The Kier molecular flexibility index (Phi) is 6.52. The maximum Gasteiger partial charge on any atom is 0.354 e. The minimum absolute atomic E-state index is 0.129. The summed E-state index contributed by atoms with van der Waals surface area (Å²) in [5, 5.41) is 11.7. The number of hydrogen-bond acceptors (Lipinski definition) is 4. The summed E-state index contributed by atoms with van der Waals surface area (Å²) < 4.78 is 5.82. The Bertz CT molecular complexity index is 541. The molecule has 1 aromatic rings. The monoisotopic (exact) mass is 320 g/mol. The predicted octanol–water partition coefficient (Wildman–Crippen LogP) is 2.50. The highest BCUT2D eigenvalue weighted by Gasteiger charge is 2.25. The van der Waals surface area contributed by atoms with Crippen LogP contribution >= 0.6 is 0 Å². The smallest absolute Gasteiger partial charge is 0.354 e. The van der Waals surface area contributed by atoms with E-state index in [-0.39, 0.29) is 17.7 Å². The molecule has 1 heterocycles. The number of carboxylic acid groups (broad SMARTS) is 1. The Morgan fingerprint density at radius 3 is 2.83 bits per heavy atom. The van der Waals surface area contributed by atoms with E-state index in [1.807, 2.05) is 6.92 Å². The quantitative estimate of drug-likeness (QED) is 0.768. The van der Waals surface area contributed by atoms with Crippen molar-refractivity contribution in [2.75, 3.05) is 13.2 Å². The molecule has 0 spiro atoms. The number of nitrogens with zero attached hydrogens (tertiary/aromatic N) is 1. The summed E-state index contributed by atoms with van der Waals surface area (Å²) in [5.74, 6) is -0.833. The first-order chi connectivity index (χ1) is 11.1. The molecule has 6 nitrogen and oxygen atoms in total. The molecule has 0 aromatic carbocycles. The fourth-order valence-electron chi connectivity index (χ4n) is 3.12. The van der Waals surface area contributed by atoms with E-state index >= 15 is 0 Å². The van der Waals surface area contributed by atoms with E-state index in [4.69, 9.17) is 9.84 Å². The standard InChI is InChI=1S/C17H24N2O4/c1-2-23-15(12-5-3-4-6-12)8-10-19-16(20)13-7-9-18-14(11-13)17(21)22/h7,9,11-12,15H,2-6,8,10H2,1H3,(H,19,20)(H,21,22). The molecule has 0 saturated heterocycles. The number of nitrogens with one attached hydrogen (secondary N) is 1. The normalized spacial score (nSPS) is 16.2. The van der Waals surface area contributed by atoms with Crippen molar-refractivity contribution >= 4 is 11.9 Å².